The van der Waals surface area contributed by atoms with Crippen LogP contribution in [0.3, 0.4) is 0 Å². The number of piperazine rings is 1. The van der Waals surface area contributed by atoms with E-state index >= 15 is 0 Å². The number of hydrogen-bond donors (Lipinski definition) is 3. The number of rotatable bonds is 12. The Hall–Kier alpha value is -4.23. The molecule has 3 rings (SSSR count). The molecule has 234 valence electrons. The molecule has 1 aromatic carbocycles. The number of aromatic nitrogens is 1. The fourth-order valence-corrected chi connectivity index (χ4v) is 4.32. The molecule has 3 N–H and O–H groups in total. The third-order valence-corrected chi connectivity index (χ3v) is 6.25. The predicted molar refractivity (Wildman–Crippen MR) is 158 cm³/mol. The van der Waals surface area contributed by atoms with Crippen LogP contribution in [-0.2, 0) is 23.9 Å². The number of anilines is 1. The summed E-state index contributed by atoms with van der Waals surface area (Å²) in [4.78, 5) is 62.5. The second-order valence-electron chi connectivity index (χ2n) is 10.8. The first-order chi connectivity index (χ1) is 20.5. The summed E-state index contributed by atoms with van der Waals surface area (Å²) in [7, 11) is 0. The number of aliphatic hydroxyl groups excluding tert-OH is 1. The Bertz CT molecular complexity index is 1240. The van der Waals surface area contributed by atoms with Gasteiger partial charge >= 0.3 is 12.1 Å². The fraction of sp³-hybridized carbons (Fsp3) is 0.500. The first-order valence-corrected chi connectivity index (χ1v) is 14.3. The molecular formula is C30H41N5O8. The fourth-order valence-electron chi connectivity index (χ4n) is 4.32. The zero-order valence-corrected chi connectivity index (χ0v) is 25.1. The monoisotopic (exact) mass is 599 g/mol. The van der Waals surface area contributed by atoms with Crippen molar-refractivity contribution >= 4 is 29.6 Å². The van der Waals surface area contributed by atoms with Gasteiger partial charge in [-0.05, 0) is 46.2 Å². The Kier molecular flexibility index (Phi) is 12.3. The maximum absolute atomic E-state index is 13.6. The van der Waals surface area contributed by atoms with Gasteiger partial charge in [0.15, 0.2) is 0 Å². The summed E-state index contributed by atoms with van der Waals surface area (Å²) in [5.41, 5.74) is 1.24. The molecular weight excluding hydrogens is 558 g/mol. The van der Waals surface area contributed by atoms with Gasteiger partial charge < -0.3 is 35.0 Å². The minimum absolute atomic E-state index is 0.00697. The summed E-state index contributed by atoms with van der Waals surface area (Å²) in [5, 5.41) is 16.5. The number of nitrogens with one attached hydrogen (secondary N) is 2. The number of benzene rings is 1. The van der Waals surface area contributed by atoms with Crippen LogP contribution in [0, 0.1) is 0 Å². The van der Waals surface area contributed by atoms with Gasteiger partial charge in [0, 0.05) is 37.3 Å². The lowest BCUT2D eigenvalue weighted by Gasteiger charge is -2.35. The van der Waals surface area contributed by atoms with E-state index in [2.05, 4.69) is 15.6 Å². The molecule has 2 aromatic rings. The molecule has 0 radical (unpaired) electrons. The van der Waals surface area contributed by atoms with Crippen molar-refractivity contribution in [1.82, 2.24) is 20.3 Å². The largest absolute Gasteiger partial charge is 0.527 e. The number of aliphatic hydroxyl groups is 1. The summed E-state index contributed by atoms with van der Waals surface area (Å²) in [6.45, 7) is 8.22. The highest BCUT2D eigenvalue weighted by Gasteiger charge is 2.31. The molecule has 43 heavy (non-hydrogen) atoms. The zero-order chi connectivity index (χ0) is 31.4. The number of carbonyl (C=O) groups is 4. The van der Waals surface area contributed by atoms with E-state index in [0.29, 0.717) is 11.4 Å². The molecule has 1 fully saturated rings. The van der Waals surface area contributed by atoms with Gasteiger partial charge in [0.25, 0.3) is 5.91 Å². The van der Waals surface area contributed by atoms with Gasteiger partial charge in [-0.2, -0.15) is 0 Å². The van der Waals surface area contributed by atoms with Gasteiger partial charge in [0.1, 0.15) is 17.3 Å². The molecule has 0 spiro atoms. The Labute approximate surface area is 251 Å². The van der Waals surface area contributed by atoms with Crippen molar-refractivity contribution in [3.8, 4) is 11.3 Å². The SMILES string of the molecule is CCOC(=O)ON1CCN(C(=O)[C@H](CCC(=O)OC(C)(C)C)NC(=O)c2cc(NCCO)cc(-c3ccccc3)n2)CC1. The van der Waals surface area contributed by atoms with Crippen LogP contribution < -0.4 is 10.6 Å². The zero-order valence-electron chi connectivity index (χ0n) is 25.1. The van der Waals surface area contributed by atoms with E-state index in [-0.39, 0.29) is 70.4 Å². The van der Waals surface area contributed by atoms with Gasteiger partial charge in [-0.3, -0.25) is 14.4 Å². The Balaban J connectivity index is 1.79. The highest BCUT2D eigenvalue weighted by Crippen LogP contribution is 2.22. The summed E-state index contributed by atoms with van der Waals surface area (Å²) in [6, 6.07) is 11.6. The lowest BCUT2D eigenvalue weighted by molar-refractivity contribution is -0.158. The number of amides is 2. The molecule has 2 amide bonds. The van der Waals surface area contributed by atoms with E-state index in [4.69, 9.17) is 14.3 Å². The van der Waals surface area contributed by atoms with Crippen LogP contribution in [0.25, 0.3) is 11.3 Å². The smallest absolute Gasteiger partial charge is 0.460 e. The van der Waals surface area contributed by atoms with Gasteiger partial charge in [-0.1, -0.05) is 30.3 Å². The van der Waals surface area contributed by atoms with Crippen molar-refractivity contribution in [3.05, 3.63) is 48.2 Å². The van der Waals surface area contributed by atoms with Crippen molar-refractivity contribution in [2.75, 3.05) is 51.3 Å². The third kappa shape index (κ3) is 10.8. The van der Waals surface area contributed by atoms with Crippen LogP contribution in [0.2, 0.25) is 0 Å². The molecule has 0 saturated carbocycles. The first-order valence-electron chi connectivity index (χ1n) is 14.3. The summed E-state index contributed by atoms with van der Waals surface area (Å²) < 4.78 is 10.2. The average Bonchev–Trinajstić information content (AvgIpc) is 2.97. The van der Waals surface area contributed by atoms with Crippen molar-refractivity contribution < 1.29 is 38.6 Å². The Morgan fingerprint density at radius 2 is 1.74 bits per heavy atom. The number of pyridine rings is 1. The Morgan fingerprint density at radius 3 is 2.37 bits per heavy atom. The van der Waals surface area contributed by atoms with Crippen LogP contribution in [0.1, 0.15) is 51.0 Å². The highest BCUT2D eigenvalue weighted by molar-refractivity contribution is 5.97. The normalized spacial score (nSPS) is 14.4. The summed E-state index contributed by atoms with van der Waals surface area (Å²) in [6.07, 6.45) is -0.906. The van der Waals surface area contributed by atoms with Crippen molar-refractivity contribution in [3.63, 3.8) is 0 Å². The number of nitrogens with zero attached hydrogens (tertiary/aromatic N) is 3. The van der Waals surface area contributed by atoms with Crippen LogP contribution in [0.5, 0.6) is 0 Å². The number of hydroxylamine groups is 2. The van der Waals surface area contributed by atoms with E-state index in [1.54, 1.807) is 44.7 Å². The van der Waals surface area contributed by atoms with E-state index in [0.717, 1.165) is 5.56 Å². The molecule has 0 unspecified atom stereocenters. The van der Waals surface area contributed by atoms with E-state index in [1.807, 2.05) is 30.3 Å². The van der Waals surface area contributed by atoms with Gasteiger partial charge in [0.2, 0.25) is 5.91 Å². The average molecular weight is 600 g/mol. The standard InChI is InChI=1S/C30H41N5O8/c1-5-41-29(40)43-35-16-14-34(15-17-35)28(39)23(11-12-26(37)42-30(2,3)4)33-27(38)25-20-22(31-13-18-36)19-24(32-25)21-9-7-6-8-10-21/h6-10,19-20,23,36H,5,11-18H2,1-4H3,(H,31,32)(H,33,38)/t23-/m0/s1. The lowest BCUT2D eigenvalue weighted by Crippen LogP contribution is -2.55. The second-order valence-corrected chi connectivity index (χ2v) is 10.8. The quantitative estimate of drug-likeness (QED) is 0.308. The molecule has 1 aliphatic heterocycles. The lowest BCUT2D eigenvalue weighted by atomic mass is 10.1. The van der Waals surface area contributed by atoms with Crippen LogP contribution in [0.15, 0.2) is 42.5 Å². The maximum Gasteiger partial charge on any atom is 0.527 e. The van der Waals surface area contributed by atoms with Gasteiger partial charge in [-0.25, -0.2) is 9.78 Å². The molecule has 13 nitrogen and oxygen atoms in total. The third-order valence-electron chi connectivity index (χ3n) is 6.25. The highest BCUT2D eigenvalue weighted by atomic mass is 16.8. The second kappa shape index (κ2) is 15.8. The van der Waals surface area contributed by atoms with Crippen molar-refractivity contribution in [2.45, 2.75) is 52.2 Å². The molecule has 2 heterocycles. The molecule has 1 aliphatic rings. The van der Waals surface area contributed by atoms with Crippen molar-refractivity contribution in [1.29, 1.82) is 0 Å². The molecule has 13 heteroatoms. The number of ether oxygens (including phenoxy) is 2. The predicted octanol–water partition coefficient (Wildman–Crippen LogP) is 2.61. The molecule has 0 aliphatic carbocycles. The van der Waals surface area contributed by atoms with Crippen LogP contribution in [-0.4, -0.2) is 102 Å². The van der Waals surface area contributed by atoms with Crippen molar-refractivity contribution in [2.24, 2.45) is 0 Å². The molecule has 1 saturated heterocycles. The minimum atomic E-state index is -1.05. The minimum Gasteiger partial charge on any atom is -0.460 e. The van der Waals surface area contributed by atoms with Crippen LogP contribution >= 0.6 is 0 Å². The maximum atomic E-state index is 13.6. The molecule has 1 atom stereocenters. The van der Waals surface area contributed by atoms with Crippen LogP contribution in [0.4, 0.5) is 10.5 Å². The van der Waals surface area contributed by atoms with Gasteiger partial charge in [-0.15, -0.1) is 5.06 Å². The molecule has 1 aromatic heterocycles. The first kappa shape index (κ1) is 33.3. The number of carbonyl (C=O) groups excluding carboxylic acids is 4. The molecule has 0 bridgehead atoms. The van der Waals surface area contributed by atoms with E-state index in [9.17, 15) is 24.3 Å². The van der Waals surface area contributed by atoms with E-state index in [1.165, 1.54) is 5.06 Å². The summed E-state index contributed by atoms with van der Waals surface area (Å²) in [5.74, 6) is -1.48. The summed E-state index contributed by atoms with van der Waals surface area (Å²) >= 11 is 0. The topological polar surface area (TPSA) is 160 Å². The van der Waals surface area contributed by atoms with E-state index < -0.39 is 29.7 Å². The van der Waals surface area contributed by atoms with Gasteiger partial charge in [0.05, 0.1) is 32.0 Å². The Morgan fingerprint density at radius 1 is 1.05 bits per heavy atom. The number of esters is 1. The number of hydrogen-bond acceptors (Lipinski definition) is 11.